The highest BCUT2D eigenvalue weighted by Gasteiger charge is 2.18. The highest BCUT2D eigenvalue weighted by atomic mass is 16.6. The van der Waals surface area contributed by atoms with Gasteiger partial charge in [-0.05, 0) is 52.0 Å². The molecule has 6 heteroatoms. The summed E-state index contributed by atoms with van der Waals surface area (Å²) in [5.74, 6) is 0.586. The van der Waals surface area contributed by atoms with E-state index in [2.05, 4.69) is 0 Å². The first-order valence-electron chi connectivity index (χ1n) is 9.00. The Hall–Kier alpha value is -3.28. The van der Waals surface area contributed by atoms with Gasteiger partial charge in [0.1, 0.15) is 23.3 Å². The summed E-state index contributed by atoms with van der Waals surface area (Å²) in [7, 11) is 0. The van der Waals surface area contributed by atoms with Gasteiger partial charge in [-0.1, -0.05) is 17.7 Å². The summed E-state index contributed by atoms with van der Waals surface area (Å²) in [6.07, 6.45) is 0.265. The molecule has 6 nitrogen and oxygen atoms in total. The minimum atomic E-state index is -0.782. The molecule has 146 valence electrons. The van der Waals surface area contributed by atoms with Crippen molar-refractivity contribution >= 4 is 16.9 Å². The molecule has 0 radical (unpaired) electrons. The Kier molecular flexibility index (Phi) is 5.68. The second-order valence-corrected chi connectivity index (χ2v) is 6.75. The van der Waals surface area contributed by atoms with Crippen LogP contribution in [0.15, 0.2) is 57.9 Å². The number of carbonyl (C=O) groups is 1. The fraction of sp³-hybridized carbons (Fsp3) is 0.273. The minimum Gasteiger partial charge on any atom is -0.479 e. The monoisotopic (exact) mass is 382 g/mol. The van der Waals surface area contributed by atoms with Crippen molar-refractivity contribution in [3.8, 4) is 17.2 Å². The molecule has 1 aromatic heterocycles. The van der Waals surface area contributed by atoms with Crippen molar-refractivity contribution in [2.24, 2.45) is 0 Å². The smallest absolute Gasteiger partial charge is 0.347 e. The maximum atomic E-state index is 12.7. The van der Waals surface area contributed by atoms with Crippen LogP contribution in [-0.4, -0.2) is 18.2 Å². The Morgan fingerprint density at radius 1 is 1.00 bits per heavy atom. The van der Waals surface area contributed by atoms with Gasteiger partial charge in [0.05, 0.1) is 11.5 Å². The first-order valence-corrected chi connectivity index (χ1v) is 9.00. The zero-order chi connectivity index (χ0) is 20.3. The van der Waals surface area contributed by atoms with Gasteiger partial charge in [0.25, 0.3) is 0 Å². The largest absolute Gasteiger partial charge is 0.479 e. The molecule has 1 heterocycles. The van der Waals surface area contributed by atoms with Crippen LogP contribution in [0.1, 0.15) is 26.3 Å². The molecule has 0 unspecified atom stereocenters. The molecule has 0 N–H and O–H groups in total. The van der Waals surface area contributed by atoms with Gasteiger partial charge in [-0.15, -0.1) is 0 Å². The Morgan fingerprint density at radius 3 is 2.36 bits per heavy atom. The van der Waals surface area contributed by atoms with Crippen LogP contribution in [0, 0.1) is 6.92 Å². The highest BCUT2D eigenvalue weighted by Crippen LogP contribution is 2.24. The van der Waals surface area contributed by atoms with E-state index in [-0.39, 0.29) is 17.3 Å². The average molecular weight is 382 g/mol. The number of hydrogen-bond donors (Lipinski definition) is 0. The summed E-state index contributed by atoms with van der Waals surface area (Å²) < 4.78 is 21.9. The van der Waals surface area contributed by atoms with Crippen LogP contribution >= 0.6 is 0 Å². The molecule has 0 saturated carbocycles. The number of rotatable bonds is 6. The lowest BCUT2D eigenvalue weighted by molar-refractivity contribution is -0.154. The Bertz CT molecular complexity index is 1030. The van der Waals surface area contributed by atoms with E-state index in [9.17, 15) is 9.59 Å². The van der Waals surface area contributed by atoms with E-state index in [1.165, 1.54) is 6.26 Å². The lowest BCUT2D eigenvalue weighted by Crippen LogP contribution is -2.28. The Labute approximate surface area is 162 Å². The van der Waals surface area contributed by atoms with Gasteiger partial charge in [-0.25, -0.2) is 4.79 Å². The third kappa shape index (κ3) is 4.52. The highest BCUT2D eigenvalue weighted by molar-refractivity contribution is 5.79. The average Bonchev–Trinajstić information content (AvgIpc) is 2.65. The molecule has 0 fully saturated rings. The SMILES string of the molecule is Cc1ccc(Oc2coc3cc(O[C@H](C)C(=O)OC(C)C)ccc3c2=O)cc1. The first kappa shape index (κ1) is 19.5. The van der Waals surface area contributed by atoms with Crippen molar-refractivity contribution in [1.29, 1.82) is 0 Å². The quantitative estimate of drug-likeness (QED) is 0.580. The van der Waals surface area contributed by atoms with Gasteiger partial charge in [0.2, 0.25) is 11.2 Å². The predicted octanol–water partition coefficient (Wildman–Crippen LogP) is 4.61. The van der Waals surface area contributed by atoms with E-state index in [1.807, 2.05) is 19.1 Å². The number of carbonyl (C=O) groups excluding carboxylic acids is 1. The topological polar surface area (TPSA) is 75.0 Å². The summed E-state index contributed by atoms with van der Waals surface area (Å²) in [5, 5.41) is 0.356. The van der Waals surface area contributed by atoms with Crippen LogP contribution in [0.25, 0.3) is 11.0 Å². The van der Waals surface area contributed by atoms with Crippen molar-refractivity contribution in [3.05, 3.63) is 64.5 Å². The van der Waals surface area contributed by atoms with Gasteiger partial charge in [-0.3, -0.25) is 4.79 Å². The van der Waals surface area contributed by atoms with Gasteiger partial charge in [0.15, 0.2) is 6.10 Å². The molecule has 2 aromatic carbocycles. The maximum absolute atomic E-state index is 12.7. The summed E-state index contributed by atoms with van der Waals surface area (Å²) in [6, 6.07) is 12.1. The zero-order valence-electron chi connectivity index (χ0n) is 16.2. The first-order chi connectivity index (χ1) is 13.3. The molecular weight excluding hydrogens is 360 g/mol. The molecule has 0 aliphatic heterocycles. The summed E-state index contributed by atoms with van der Waals surface area (Å²) in [6.45, 7) is 7.11. The van der Waals surface area contributed by atoms with Crippen molar-refractivity contribution in [3.63, 3.8) is 0 Å². The van der Waals surface area contributed by atoms with Crippen molar-refractivity contribution in [2.45, 2.75) is 39.9 Å². The van der Waals surface area contributed by atoms with Gasteiger partial charge < -0.3 is 18.6 Å². The number of fused-ring (bicyclic) bond motifs is 1. The third-order valence-corrected chi connectivity index (χ3v) is 3.96. The second-order valence-electron chi connectivity index (χ2n) is 6.75. The lowest BCUT2D eigenvalue weighted by atomic mass is 10.2. The normalized spacial score (nSPS) is 12.0. The van der Waals surface area contributed by atoms with E-state index >= 15 is 0 Å². The molecule has 3 rings (SSSR count). The molecule has 3 aromatic rings. The maximum Gasteiger partial charge on any atom is 0.347 e. The van der Waals surface area contributed by atoms with E-state index in [0.29, 0.717) is 22.5 Å². The van der Waals surface area contributed by atoms with Crippen LogP contribution in [0.3, 0.4) is 0 Å². The summed E-state index contributed by atoms with van der Waals surface area (Å²) in [5.41, 5.74) is 1.14. The Morgan fingerprint density at radius 2 is 1.68 bits per heavy atom. The van der Waals surface area contributed by atoms with Crippen LogP contribution in [0.2, 0.25) is 0 Å². The zero-order valence-corrected chi connectivity index (χ0v) is 16.2. The van der Waals surface area contributed by atoms with Gasteiger partial charge in [0, 0.05) is 6.07 Å². The number of ether oxygens (including phenoxy) is 3. The predicted molar refractivity (Wildman–Crippen MR) is 105 cm³/mol. The van der Waals surface area contributed by atoms with E-state index in [1.54, 1.807) is 51.1 Å². The fourth-order valence-electron chi connectivity index (χ4n) is 2.55. The second kappa shape index (κ2) is 8.17. The molecule has 0 spiro atoms. The van der Waals surface area contributed by atoms with Crippen molar-refractivity contribution in [2.75, 3.05) is 0 Å². The van der Waals surface area contributed by atoms with Crippen LogP contribution in [-0.2, 0) is 9.53 Å². The molecule has 1 atom stereocenters. The fourth-order valence-corrected chi connectivity index (χ4v) is 2.55. The molecule has 0 saturated heterocycles. The third-order valence-electron chi connectivity index (χ3n) is 3.96. The molecule has 0 aliphatic rings. The number of esters is 1. The van der Waals surface area contributed by atoms with Gasteiger partial charge in [-0.2, -0.15) is 0 Å². The Balaban J connectivity index is 1.81. The van der Waals surface area contributed by atoms with Crippen LogP contribution < -0.4 is 14.9 Å². The van der Waals surface area contributed by atoms with Crippen LogP contribution in [0.5, 0.6) is 17.2 Å². The number of aryl methyl sites for hydroxylation is 1. The molecule has 0 bridgehead atoms. The van der Waals surface area contributed by atoms with E-state index in [4.69, 9.17) is 18.6 Å². The standard InChI is InChI=1S/C22H22O6/c1-13(2)26-22(24)15(4)27-17-9-10-18-19(11-17)25-12-20(21(18)23)28-16-7-5-14(3)6-8-16/h5-13,15H,1-4H3/t15-/m1/s1. The van der Waals surface area contributed by atoms with E-state index < -0.39 is 12.1 Å². The summed E-state index contributed by atoms with van der Waals surface area (Å²) >= 11 is 0. The van der Waals surface area contributed by atoms with Crippen LogP contribution in [0.4, 0.5) is 0 Å². The molecule has 0 amide bonds. The number of hydrogen-bond acceptors (Lipinski definition) is 6. The van der Waals surface area contributed by atoms with Crippen molar-refractivity contribution in [1.82, 2.24) is 0 Å². The van der Waals surface area contributed by atoms with Gasteiger partial charge >= 0.3 is 5.97 Å². The summed E-state index contributed by atoms with van der Waals surface area (Å²) in [4.78, 5) is 24.5. The minimum absolute atomic E-state index is 0.0962. The molecule has 0 aliphatic carbocycles. The van der Waals surface area contributed by atoms with E-state index in [0.717, 1.165) is 5.56 Å². The lowest BCUT2D eigenvalue weighted by Gasteiger charge is -2.15. The van der Waals surface area contributed by atoms with Crippen molar-refractivity contribution < 1.29 is 23.4 Å². The molecule has 28 heavy (non-hydrogen) atoms. The number of benzene rings is 2. The molecular formula is C22H22O6.